The fourth-order valence-electron chi connectivity index (χ4n) is 2.63. The zero-order chi connectivity index (χ0) is 10.3. The van der Waals surface area contributed by atoms with E-state index in [1.54, 1.807) is 0 Å². The number of benzene rings is 1. The fourth-order valence-corrected chi connectivity index (χ4v) is 2.63. The molecule has 1 aromatic carbocycles. The van der Waals surface area contributed by atoms with E-state index in [4.69, 9.17) is 4.74 Å². The molecule has 0 saturated heterocycles. The standard InChI is InChI=1S/C14H18O/c1-10-7-8-12-13(9-10)14(12)15-11-5-3-2-4-6-11/h7-9,11,14H,2-6H2,1H3/t14-/m1/s1. The third kappa shape index (κ3) is 1.81. The second kappa shape index (κ2) is 3.64. The molecular formula is C14H18O. The van der Waals surface area contributed by atoms with Gasteiger partial charge in [-0.25, -0.2) is 0 Å². The Morgan fingerprint density at radius 2 is 1.87 bits per heavy atom. The van der Waals surface area contributed by atoms with Crippen molar-refractivity contribution in [2.75, 3.05) is 0 Å². The van der Waals surface area contributed by atoms with Crippen LogP contribution in [0.1, 0.15) is 54.9 Å². The molecular weight excluding hydrogens is 184 g/mol. The highest BCUT2D eigenvalue weighted by molar-refractivity contribution is 5.51. The first kappa shape index (κ1) is 9.41. The average molecular weight is 202 g/mol. The summed E-state index contributed by atoms with van der Waals surface area (Å²) in [4.78, 5) is 0. The molecule has 80 valence electrons. The van der Waals surface area contributed by atoms with Gasteiger partial charge < -0.3 is 4.74 Å². The largest absolute Gasteiger partial charge is 0.366 e. The van der Waals surface area contributed by atoms with Gasteiger partial charge in [0.1, 0.15) is 6.10 Å². The number of rotatable bonds is 2. The van der Waals surface area contributed by atoms with Gasteiger partial charge in [-0.15, -0.1) is 0 Å². The molecule has 1 saturated carbocycles. The van der Waals surface area contributed by atoms with Crippen LogP contribution in [0, 0.1) is 6.92 Å². The smallest absolute Gasteiger partial charge is 0.109 e. The lowest BCUT2D eigenvalue weighted by atomic mass is 9.98. The number of hydrogen-bond donors (Lipinski definition) is 0. The van der Waals surface area contributed by atoms with Gasteiger partial charge in [-0.1, -0.05) is 43.0 Å². The SMILES string of the molecule is Cc1ccc2c(c1)[C@@H]2OC1CCCCC1. The van der Waals surface area contributed by atoms with Crippen molar-refractivity contribution in [3.05, 3.63) is 34.9 Å². The second-order valence-electron chi connectivity index (χ2n) is 4.91. The quantitative estimate of drug-likeness (QED) is 0.709. The zero-order valence-corrected chi connectivity index (χ0v) is 9.33. The molecule has 0 amide bonds. The second-order valence-corrected chi connectivity index (χ2v) is 4.91. The molecule has 1 aromatic rings. The topological polar surface area (TPSA) is 9.23 Å². The lowest BCUT2D eigenvalue weighted by molar-refractivity contribution is 0.00900. The van der Waals surface area contributed by atoms with Crippen LogP contribution in [0.25, 0.3) is 0 Å². The van der Waals surface area contributed by atoms with Crippen LogP contribution in [-0.2, 0) is 4.74 Å². The molecule has 1 heteroatoms. The number of hydrogen-bond acceptors (Lipinski definition) is 1. The monoisotopic (exact) mass is 202 g/mol. The van der Waals surface area contributed by atoms with E-state index in [2.05, 4.69) is 25.1 Å². The first-order valence-corrected chi connectivity index (χ1v) is 6.10. The van der Waals surface area contributed by atoms with Gasteiger partial charge in [0.2, 0.25) is 0 Å². The zero-order valence-electron chi connectivity index (χ0n) is 9.33. The van der Waals surface area contributed by atoms with E-state index >= 15 is 0 Å². The van der Waals surface area contributed by atoms with Crippen LogP contribution < -0.4 is 0 Å². The van der Waals surface area contributed by atoms with Crippen molar-refractivity contribution in [3.8, 4) is 0 Å². The Labute approximate surface area is 91.5 Å². The minimum absolute atomic E-state index is 0.349. The molecule has 0 bridgehead atoms. The highest BCUT2D eigenvalue weighted by Gasteiger charge is 2.35. The minimum atomic E-state index is 0.349. The van der Waals surface area contributed by atoms with Gasteiger partial charge in [-0.2, -0.15) is 0 Å². The van der Waals surface area contributed by atoms with Gasteiger partial charge in [-0.05, 0) is 30.9 Å². The van der Waals surface area contributed by atoms with Crippen molar-refractivity contribution in [3.63, 3.8) is 0 Å². The summed E-state index contributed by atoms with van der Waals surface area (Å²) in [7, 11) is 0. The Morgan fingerprint density at radius 3 is 2.60 bits per heavy atom. The van der Waals surface area contributed by atoms with Crippen LogP contribution in [0.5, 0.6) is 0 Å². The molecule has 0 spiro atoms. The lowest BCUT2D eigenvalue weighted by Gasteiger charge is -2.21. The first-order chi connectivity index (χ1) is 7.34. The first-order valence-electron chi connectivity index (χ1n) is 6.10. The normalized spacial score (nSPS) is 25.0. The molecule has 0 unspecified atom stereocenters. The number of fused-ring (bicyclic) bond motifs is 1. The van der Waals surface area contributed by atoms with Crippen molar-refractivity contribution in [1.82, 2.24) is 0 Å². The summed E-state index contributed by atoms with van der Waals surface area (Å²) < 4.78 is 6.13. The maximum Gasteiger partial charge on any atom is 0.109 e. The Hall–Kier alpha value is -0.820. The number of ether oxygens (including phenoxy) is 1. The molecule has 15 heavy (non-hydrogen) atoms. The van der Waals surface area contributed by atoms with Crippen molar-refractivity contribution >= 4 is 0 Å². The Bertz CT molecular complexity index is 364. The minimum Gasteiger partial charge on any atom is -0.366 e. The van der Waals surface area contributed by atoms with E-state index in [0.29, 0.717) is 12.2 Å². The van der Waals surface area contributed by atoms with Gasteiger partial charge in [-0.3, -0.25) is 0 Å². The number of aryl methyl sites for hydroxylation is 1. The van der Waals surface area contributed by atoms with Crippen LogP contribution in [0.15, 0.2) is 18.2 Å². The predicted molar refractivity (Wildman–Crippen MR) is 61.0 cm³/mol. The third-order valence-electron chi connectivity index (χ3n) is 3.60. The van der Waals surface area contributed by atoms with E-state index in [1.807, 2.05) is 0 Å². The third-order valence-corrected chi connectivity index (χ3v) is 3.60. The summed E-state index contributed by atoms with van der Waals surface area (Å²) in [5, 5.41) is 0. The van der Waals surface area contributed by atoms with Crippen molar-refractivity contribution in [2.45, 2.75) is 51.2 Å². The molecule has 1 fully saturated rings. The predicted octanol–water partition coefficient (Wildman–Crippen LogP) is 3.75. The van der Waals surface area contributed by atoms with E-state index in [0.717, 1.165) is 0 Å². The molecule has 0 heterocycles. The Morgan fingerprint density at radius 1 is 1.07 bits per heavy atom. The van der Waals surface area contributed by atoms with Gasteiger partial charge >= 0.3 is 0 Å². The Balaban J connectivity index is 1.63. The molecule has 2 aliphatic rings. The molecule has 2 aliphatic carbocycles. The Kier molecular flexibility index (Phi) is 2.28. The van der Waals surface area contributed by atoms with E-state index in [1.165, 1.54) is 48.8 Å². The van der Waals surface area contributed by atoms with E-state index < -0.39 is 0 Å². The maximum atomic E-state index is 6.13. The molecule has 3 rings (SSSR count). The van der Waals surface area contributed by atoms with Crippen LogP contribution in [0.3, 0.4) is 0 Å². The highest BCUT2D eigenvalue weighted by Crippen LogP contribution is 2.46. The summed E-state index contributed by atoms with van der Waals surface area (Å²) in [5.41, 5.74) is 4.20. The van der Waals surface area contributed by atoms with Crippen molar-refractivity contribution in [1.29, 1.82) is 0 Å². The van der Waals surface area contributed by atoms with Crippen LogP contribution in [0.4, 0.5) is 0 Å². The summed E-state index contributed by atoms with van der Waals surface area (Å²) in [5.74, 6) is 0. The molecule has 0 aliphatic heterocycles. The molecule has 0 aromatic heterocycles. The van der Waals surface area contributed by atoms with Gasteiger partial charge in [0.25, 0.3) is 0 Å². The van der Waals surface area contributed by atoms with Gasteiger partial charge in [0.15, 0.2) is 0 Å². The van der Waals surface area contributed by atoms with Gasteiger partial charge in [0, 0.05) is 0 Å². The lowest BCUT2D eigenvalue weighted by Crippen LogP contribution is -2.15. The van der Waals surface area contributed by atoms with E-state index in [9.17, 15) is 0 Å². The van der Waals surface area contributed by atoms with Crippen LogP contribution >= 0.6 is 0 Å². The summed E-state index contributed by atoms with van der Waals surface area (Å²) >= 11 is 0. The molecule has 1 nitrogen and oxygen atoms in total. The summed E-state index contributed by atoms with van der Waals surface area (Å²) in [6, 6.07) is 6.67. The summed E-state index contributed by atoms with van der Waals surface area (Å²) in [6.45, 7) is 2.15. The van der Waals surface area contributed by atoms with Gasteiger partial charge in [0.05, 0.1) is 6.10 Å². The molecule has 0 radical (unpaired) electrons. The van der Waals surface area contributed by atoms with Crippen molar-refractivity contribution in [2.24, 2.45) is 0 Å². The average Bonchev–Trinajstić information content (AvgIpc) is 2.92. The summed E-state index contributed by atoms with van der Waals surface area (Å²) in [6.07, 6.45) is 7.52. The van der Waals surface area contributed by atoms with Crippen LogP contribution in [0.2, 0.25) is 0 Å². The van der Waals surface area contributed by atoms with Crippen molar-refractivity contribution < 1.29 is 4.74 Å². The fraction of sp³-hybridized carbons (Fsp3) is 0.571. The van der Waals surface area contributed by atoms with Crippen LogP contribution in [-0.4, -0.2) is 6.10 Å². The molecule has 0 N–H and O–H groups in total. The highest BCUT2D eigenvalue weighted by atomic mass is 16.5. The maximum absolute atomic E-state index is 6.13. The molecule has 1 atom stereocenters. The van der Waals surface area contributed by atoms with E-state index in [-0.39, 0.29) is 0 Å².